The van der Waals surface area contributed by atoms with Crippen LogP contribution in [0.5, 0.6) is 11.5 Å². The SMILES string of the molecule is CCOCCOc1cc2ncnc(Nc3ccc(OCc4ccccn4)cc3)c2cc1NC(=O)CP(=O)(OCC)OCC. The van der Waals surface area contributed by atoms with Gasteiger partial charge >= 0.3 is 7.60 Å². The van der Waals surface area contributed by atoms with Gasteiger partial charge in [-0.05, 0) is 63.2 Å². The molecule has 0 aliphatic carbocycles. The van der Waals surface area contributed by atoms with E-state index in [1.54, 1.807) is 32.2 Å². The van der Waals surface area contributed by atoms with Crippen LogP contribution >= 0.6 is 7.60 Å². The van der Waals surface area contributed by atoms with Crippen molar-refractivity contribution in [3.8, 4) is 11.5 Å². The van der Waals surface area contributed by atoms with E-state index < -0.39 is 19.7 Å². The van der Waals surface area contributed by atoms with Crippen molar-refractivity contribution in [2.45, 2.75) is 27.4 Å². The molecule has 2 heterocycles. The molecule has 0 bridgehead atoms. The van der Waals surface area contributed by atoms with Gasteiger partial charge in [-0.15, -0.1) is 0 Å². The Morgan fingerprint density at radius 2 is 1.67 bits per heavy atom. The average molecular weight is 610 g/mol. The fourth-order valence-corrected chi connectivity index (χ4v) is 5.53. The van der Waals surface area contributed by atoms with Crippen molar-refractivity contribution in [2.24, 2.45) is 0 Å². The number of pyridine rings is 1. The number of hydrogen-bond acceptors (Lipinski definition) is 11. The summed E-state index contributed by atoms with van der Waals surface area (Å²) in [5.41, 5.74) is 2.54. The fraction of sp³-hybridized carbons (Fsp3) is 0.333. The van der Waals surface area contributed by atoms with Crippen molar-refractivity contribution >= 4 is 41.6 Å². The molecule has 2 aromatic carbocycles. The van der Waals surface area contributed by atoms with E-state index in [0.29, 0.717) is 53.7 Å². The van der Waals surface area contributed by atoms with Gasteiger partial charge in [0, 0.05) is 29.9 Å². The summed E-state index contributed by atoms with van der Waals surface area (Å²) >= 11 is 0. The number of nitrogens with one attached hydrogen (secondary N) is 2. The van der Waals surface area contributed by atoms with Crippen LogP contribution in [0.1, 0.15) is 26.5 Å². The minimum absolute atomic E-state index is 0.149. The summed E-state index contributed by atoms with van der Waals surface area (Å²) in [6, 6.07) is 16.5. The lowest BCUT2D eigenvalue weighted by atomic mass is 10.1. The van der Waals surface area contributed by atoms with Crippen LogP contribution in [0.3, 0.4) is 0 Å². The van der Waals surface area contributed by atoms with Crippen LogP contribution in [0.15, 0.2) is 67.1 Å². The number of aromatic nitrogens is 3. The maximum Gasteiger partial charge on any atom is 0.340 e. The number of anilines is 3. The number of ether oxygens (including phenoxy) is 3. The largest absolute Gasteiger partial charge is 0.489 e. The van der Waals surface area contributed by atoms with Gasteiger partial charge in [0.2, 0.25) is 5.91 Å². The number of benzene rings is 2. The first-order chi connectivity index (χ1) is 20.9. The van der Waals surface area contributed by atoms with Crippen LogP contribution in [0.2, 0.25) is 0 Å². The van der Waals surface area contributed by atoms with Gasteiger partial charge in [-0.3, -0.25) is 14.3 Å². The molecule has 2 aromatic heterocycles. The molecule has 228 valence electrons. The third kappa shape index (κ3) is 9.45. The van der Waals surface area contributed by atoms with Gasteiger partial charge in [-0.25, -0.2) is 9.97 Å². The smallest absolute Gasteiger partial charge is 0.340 e. The second kappa shape index (κ2) is 15.9. The lowest BCUT2D eigenvalue weighted by Crippen LogP contribution is -2.19. The highest BCUT2D eigenvalue weighted by Crippen LogP contribution is 2.48. The van der Waals surface area contributed by atoms with Gasteiger partial charge in [0.05, 0.1) is 36.7 Å². The molecule has 43 heavy (non-hydrogen) atoms. The fourth-order valence-electron chi connectivity index (χ4n) is 4.06. The quantitative estimate of drug-likeness (QED) is 0.108. The Bertz CT molecular complexity index is 1510. The molecule has 0 fully saturated rings. The van der Waals surface area contributed by atoms with E-state index in [0.717, 1.165) is 11.4 Å². The first-order valence-corrected chi connectivity index (χ1v) is 15.7. The van der Waals surface area contributed by atoms with Crippen molar-refractivity contribution < 1.29 is 32.6 Å². The van der Waals surface area contributed by atoms with Gasteiger partial charge in [0.15, 0.2) is 0 Å². The molecule has 0 aliphatic heterocycles. The minimum Gasteiger partial charge on any atom is -0.489 e. The highest BCUT2D eigenvalue weighted by molar-refractivity contribution is 7.54. The molecule has 0 atom stereocenters. The molecule has 2 N–H and O–H groups in total. The van der Waals surface area contributed by atoms with Crippen LogP contribution < -0.4 is 20.1 Å². The number of hydrogen-bond donors (Lipinski definition) is 2. The lowest BCUT2D eigenvalue weighted by molar-refractivity contribution is -0.114. The molecule has 4 aromatic rings. The third-order valence-electron chi connectivity index (χ3n) is 5.92. The first kappa shape index (κ1) is 31.8. The van der Waals surface area contributed by atoms with Crippen LogP contribution in [0, 0.1) is 0 Å². The zero-order chi connectivity index (χ0) is 30.5. The van der Waals surface area contributed by atoms with E-state index in [2.05, 4.69) is 25.6 Å². The second-order valence-electron chi connectivity index (χ2n) is 9.05. The predicted octanol–water partition coefficient (Wildman–Crippen LogP) is 5.97. The first-order valence-electron chi connectivity index (χ1n) is 14.0. The standard InChI is InChI=1S/C30H36N5O7P/c1-4-38-15-16-39-28-18-26-25(17-27(28)35-29(36)20-43(37,41-5-2)42-6-3)30(33-21-32-26)34-22-10-12-24(13-11-22)40-19-23-9-7-8-14-31-23/h7-14,17-18,21H,4-6,15-16,19-20H2,1-3H3,(H,35,36)(H,32,33,34). The monoisotopic (exact) mass is 609 g/mol. The summed E-state index contributed by atoms with van der Waals surface area (Å²) in [5, 5.41) is 6.73. The van der Waals surface area contributed by atoms with Crippen molar-refractivity contribution in [2.75, 3.05) is 49.8 Å². The maximum absolute atomic E-state index is 13.0. The third-order valence-corrected chi connectivity index (χ3v) is 7.90. The Morgan fingerprint density at radius 1 is 0.884 bits per heavy atom. The number of rotatable bonds is 17. The van der Waals surface area contributed by atoms with Gasteiger partial charge in [0.1, 0.15) is 43.0 Å². The van der Waals surface area contributed by atoms with Crippen molar-refractivity contribution in [3.05, 3.63) is 72.8 Å². The molecule has 0 saturated heterocycles. The van der Waals surface area contributed by atoms with Gasteiger partial charge in [-0.1, -0.05) is 6.07 Å². The Morgan fingerprint density at radius 3 is 2.37 bits per heavy atom. The maximum atomic E-state index is 13.0. The summed E-state index contributed by atoms with van der Waals surface area (Å²) in [6.45, 7) is 7.10. The summed E-state index contributed by atoms with van der Waals surface area (Å²) in [7, 11) is -3.61. The zero-order valence-corrected chi connectivity index (χ0v) is 25.3. The average Bonchev–Trinajstić information content (AvgIpc) is 3.00. The molecule has 13 heteroatoms. The van der Waals surface area contributed by atoms with Crippen LogP contribution in [0.4, 0.5) is 17.2 Å². The van der Waals surface area contributed by atoms with Gasteiger partial charge in [-0.2, -0.15) is 0 Å². The van der Waals surface area contributed by atoms with Gasteiger partial charge < -0.3 is 33.9 Å². The Kier molecular flexibility index (Phi) is 11.8. The van der Waals surface area contributed by atoms with Crippen LogP contribution in [0.25, 0.3) is 10.9 Å². The highest BCUT2D eigenvalue weighted by atomic mass is 31.2. The lowest BCUT2D eigenvalue weighted by Gasteiger charge is -2.18. The molecular formula is C30H36N5O7P. The zero-order valence-electron chi connectivity index (χ0n) is 24.4. The molecule has 4 rings (SSSR count). The summed E-state index contributed by atoms with van der Waals surface area (Å²) in [5.74, 6) is 1.03. The number of carbonyl (C=O) groups is 1. The molecule has 0 spiro atoms. The van der Waals surface area contributed by atoms with Crippen molar-refractivity contribution in [3.63, 3.8) is 0 Å². The summed E-state index contributed by atoms with van der Waals surface area (Å²) in [4.78, 5) is 26.1. The topological polar surface area (TPSA) is 143 Å². The summed E-state index contributed by atoms with van der Waals surface area (Å²) in [6.07, 6.45) is 2.72. The van der Waals surface area contributed by atoms with Crippen LogP contribution in [-0.4, -0.2) is 60.1 Å². The van der Waals surface area contributed by atoms with Gasteiger partial charge in [0.25, 0.3) is 0 Å². The Labute approximate surface area is 250 Å². The highest BCUT2D eigenvalue weighted by Gasteiger charge is 2.28. The number of amides is 1. The molecule has 12 nitrogen and oxygen atoms in total. The molecule has 0 aliphatic rings. The van der Waals surface area contributed by atoms with E-state index >= 15 is 0 Å². The molecule has 0 unspecified atom stereocenters. The van der Waals surface area contributed by atoms with E-state index in [1.807, 2.05) is 49.4 Å². The number of nitrogens with zero attached hydrogens (tertiary/aromatic N) is 3. The van der Waals surface area contributed by atoms with E-state index in [4.69, 9.17) is 23.3 Å². The normalized spacial score (nSPS) is 11.3. The Hall–Kier alpha value is -4.09. The number of fused-ring (bicyclic) bond motifs is 1. The molecule has 0 saturated carbocycles. The summed E-state index contributed by atoms with van der Waals surface area (Å²) < 4.78 is 40.7. The van der Waals surface area contributed by atoms with E-state index in [1.165, 1.54) is 6.33 Å². The Balaban J connectivity index is 1.55. The second-order valence-corrected chi connectivity index (χ2v) is 11.1. The molecule has 1 amide bonds. The molecule has 0 radical (unpaired) electrons. The minimum atomic E-state index is -3.61. The van der Waals surface area contributed by atoms with Crippen molar-refractivity contribution in [1.82, 2.24) is 15.0 Å². The van der Waals surface area contributed by atoms with E-state index in [-0.39, 0.29) is 19.8 Å². The van der Waals surface area contributed by atoms with Crippen LogP contribution in [-0.2, 0) is 29.8 Å². The predicted molar refractivity (Wildman–Crippen MR) is 164 cm³/mol. The van der Waals surface area contributed by atoms with E-state index in [9.17, 15) is 9.36 Å². The molecular weight excluding hydrogens is 573 g/mol. The number of carbonyl (C=O) groups excluding carboxylic acids is 1. The van der Waals surface area contributed by atoms with Crippen molar-refractivity contribution in [1.29, 1.82) is 0 Å².